The second-order valence-corrected chi connectivity index (χ2v) is 9.72. The van der Waals surface area contributed by atoms with E-state index in [1.54, 1.807) is 12.1 Å². The fourth-order valence-corrected chi connectivity index (χ4v) is 4.54. The van der Waals surface area contributed by atoms with Crippen LogP contribution in [0.3, 0.4) is 0 Å². The Morgan fingerprint density at radius 3 is 2.58 bits per heavy atom. The van der Waals surface area contributed by atoms with E-state index in [1.807, 2.05) is 25.5 Å². The van der Waals surface area contributed by atoms with Crippen LogP contribution in [-0.2, 0) is 24.1 Å². The third-order valence-corrected chi connectivity index (χ3v) is 6.10. The third kappa shape index (κ3) is 5.45. The maximum absolute atomic E-state index is 13.3. The Bertz CT molecular complexity index is 909. The molecular formula is C24H33FN4O2. The third-order valence-electron chi connectivity index (χ3n) is 6.10. The Balaban J connectivity index is 1.33. The van der Waals surface area contributed by atoms with Gasteiger partial charge in [0.1, 0.15) is 11.4 Å². The normalized spacial score (nSPS) is 17.5. The minimum atomic E-state index is -0.467. The molecule has 0 spiro atoms. The summed E-state index contributed by atoms with van der Waals surface area (Å²) in [6, 6.07) is 6.59. The molecule has 1 aromatic heterocycles. The minimum Gasteiger partial charge on any atom is -0.444 e. The molecule has 0 radical (unpaired) electrons. The van der Waals surface area contributed by atoms with Gasteiger partial charge in [0.2, 0.25) is 0 Å². The maximum atomic E-state index is 13.3. The van der Waals surface area contributed by atoms with Crippen LogP contribution >= 0.6 is 0 Å². The number of halogens is 1. The van der Waals surface area contributed by atoms with E-state index in [1.165, 1.54) is 23.4 Å². The number of nitrogens with one attached hydrogen (secondary N) is 1. The van der Waals surface area contributed by atoms with E-state index < -0.39 is 5.60 Å². The standard InChI is InChI=1S/C24H33FN4O2/c1-24(2,3)31-23(30)26-15-17-11-13-28(14-12-17)16-21-20-5-4-6-22(20)29(27-21)19-9-7-18(25)8-10-19/h7-10,17H,4-6,11-16H2,1-3H3,(H,26,30). The predicted molar refractivity (Wildman–Crippen MR) is 118 cm³/mol. The summed E-state index contributed by atoms with van der Waals surface area (Å²) in [6.07, 6.45) is 5.02. The fraction of sp³-hybridized carbons (Fsp3) is 0.583. The zero-order valence-electron chi connectivity index (χ0n) is 18.8. The summed E-state index contributed by atoms with van der Waals surface area (Å²) in [6.45, 7) is 9.13. The number of carbonyl (C=O) groups excluding carboxylic acids is 1. The highest BCUT2D eigenvalue weighted by Crippen LogP contribution is 2.29. The molecule has 2 aliphatic rings. The van der Waals surface area contributed by atoms with Crippen LogP contribution in [0.5, 0.6) is 0 Å². The van der Waals surface area contributed by atoms with E-state index in [0.717, 1.165) is 63.1 Å². The number of ether oxygens (including phenoxy) is 1. The number of carbonyl (C=O) groups is 1. The van der Waals surface area contributed by atoms with Gasteiger partial charge in [0, 0.05) is 18.8 Å². The zero-order chi connectivity index (χ0) is 22.0. The largest absolute Gasteiger partial charge is 0.444 e. The number of piperidine rings is 1. The van der Waals surface area contributed by atoms with Gasteiger partial charge < -0.3 is 10.1 Å². The number of alkyl carbamates (subject to hydrolysis) is 1. The summed E-state index contributed by atoms with van der Waals surface area (Å²) < 4.78 is 20.7. The molecule has 1 fully saturated rings. The first-order valence-corrected chi connectivity index (χ1v) is 11.3. The maximum Gasteiger partial charge on any atom is 0.407 e. The number of hydrogen-bond donors (Lipinski definition) is 1. The van der Waals surface area contributed by atoms with Crippen molar-refractivity contribution in [1.29, 1.82) is 0 Å². The molecule has 1 aliphatic heterocycles. The highest BCUT2D eigenvalue weighted by molar-refractivity contribution is 5.67. The molecule has 2 heterocycles. The van der Waals surface area contributed by atoms with Crippen LogP contribution in [0.1, 0.15) is 57.0 Å². The molecule has 1 aromatic carbocycles. The summed E-state index contributed by atoms with van der Waals surface area (Å²) in [5.74, 6) is 0.253. The first-order valence-electron chi connectivity index (χ1n) is 11.3. The van der Waals surface area contributed by atoms with Crippen molar-refractivity contribution in [3.8, 4) is 5.69 Å². The molecule has 0 atom stereocenters. The molecule has 31 heavy (non-hydrogen) atoms. The predicted octanol–water partition coefficient (Wildman–Crippen LogP) is 4.24. The number of benzene rings is 1. The van der Waals surface area contributed by atoms with Crippen molar-refractivity contribution in [3.63, 3.8) is 0 Å². The second kappa shape index (κ2) is 8.99. The van der Waals surface area contributed by atoms with E-state index in [0.29, 0.717) is 12.5 Å². The SMILES string of the molecule is CC(C)(C)OC(=O)NCC1CCN(Cc2nn(-c3ccc(F)cc3)c3c2CCC3)CC1. The Labute approximate surface area is 183 Å². The van der Waals surface area contributed by atoms with Gasteiger partial charge in [-0.15, -0.1) is 0 Å². The molecule has 7 heteroatoms. The molecule has 168 valence electrons. The number of amides is 1. The molecule has 1 N–H and O–H groups in total. The van der Waals surface area contributed by atoms with Gasteiger partial charge in [-0.05, 0) is 102 Å². The van der Waals surface area contributed by atoms with Crippen molar-refractivity contribution in [1.82, 2.24) is 20.0 Å². The first-order chi connectivity index (χ1) is 14.8. The quantitative estimate of drug-likeness (QED) is 0.774. The van der Waals surface area contributed by atoms with E-state index in [-0.39, 0.29) is 11.9 Å². The van der Waals surface area contributed by atoms with Crippen LogP contribution in [0.15, 0.2) is 24.3 Å². The van der Waals surface area contributed by atoms with Crippen LogP contribution in [0.4, 0.5) is 9.18 Å². The van der Waals surface area contributed by atoms with Crippen molar-refractivity contribution in [2.24, 2.45) is 5.92 Å². The average molecular weight is 429 g/mol. The van der Waals surface area contributed by atoms with Crippen molar-refractivity contribution in [2.45, 2.75) is 65.0 Å². The second-order valence-electron chi connectivity index (χ2n) is 9.72. The molecule has 4 rings (SSSR count). The molecule has 1 aliphatic carbocycles. The van der Waals surface area contributed by atoms with Gasteiger partial charge >= 0.3 is 6.09 Å². The first kappa shape index (κ1) is 21.8. The van der Waals surface area contributed by atoms with E-state index in [2.05, 4.69) is 10.2 Å². The van der Waals surface area contributed by atoms with Crippen molar-refractivity contribution in [3.05, 3.63) is 47.0 Å². The van der Waals surface area contributed by atoms with Gasteiger partial charge in [0.05, 0.1) is 11.4 Å². The zero-order valence-corrected chi connectivity index (χ0v) is 18.8. The summed E-state index contributed by atoms with van der Waals surface area (Å²) in [7, 11) is 0. The fourth-order valence-electron chi connectivity index (χ4n) is 4.54. The van der Waals surface area contributed by atoms with Crippen LogP contribution in [-0.4, -0.2) is 46.0 Å². The Morgan fingerprint density at radius 2 is 1.90 bits per heavy atom. The number of hydrogen-bond acceptors (Lipinski definition) is 4. The molecule has 0 unspecified atom stereocenters. The van der Waals surface area contributed by atoms with E-state index >= 15 is 0 Å². The molecule has 6 nitrogen and oxygen atoms in total. The molecular weight excluding hydrogens is 395 g/mol. The number of likely N-dealkylation sites (tertiary alicyclic amines) is 1. The Kier molecular flexibility index (Phi) is 6.32. The lowest BCUT2D eigenvalue weighted by Gasteiger charge is -2.31. The van der Waals surface area contributed by atoms with Gasteiger partial charge in [0.25, 0.3) is 0 Å². The Morgan fingerprint density at radius 1 is 1.19 bits per heavy atom. The van der Waals surface area contributed by atoms with Gasteiger partial charge in [-0.3, -0.25) is 4.90 Å². The minimum absolute atomic E-state index is 0.225. The van der Waals surface area contributed by atoms with E-state index in [4.69, 9.17) is 9.84 Å². The monoisotopic (exact) mass is 428 g/mol. The van der Waals surface area contributed by atoms with Gasteiger partial charge in [0.15, 0.2) is 0 Å². The number of aromatic nitrogens is 2. The topological polar surface area (TPSA) is 59.4 Å². The number of nitrogens with zero attached hydrogens (tertiary/aromatic N) is 3. The van der Waals surface area contributed by atoms with Crippen LogP contribution in [0.25, 0.3) is 5.69 Å². The van der Waals surface area contributed by atoms with Crippen LogP contribution in [0.2, 0.25) is 0 Å². The number of fused-ring (bicyclic) bond motifs is 1. The van der Waals surface area contributed by atoms with Crippen molar-refractivity contribution in [2.75, 3.05) is 19.6 Å². The summed E-state index contributed by atoms with van der Waals surface area (Å²) >= 11 is 0. The van der Waals surface area contributed by atoms with E-state index in [9.17, 15) is 9.18 Å². The van der Waals surface area contributed by atoms with Gasteiger partial charge in [-0.25, -0.2) is 13.9 Å². The highest BCUT2D eigenvalue weighted by Gasteiger charge is 2.26. The molecule has 1 saturated heterocycles. The number of rotatable bonds is 5. The molecule has 2 aromatic rings. The summed E-state index contributed by atoms with van der Waals surface area (Å²) in [5, 5.41) is 7.83. The molecule has 0 saturated carbocycles. The summed E-state index contributed by atoms with van der Waals surface area (Å²) in [5.41, 5.74) is 4.27. The highest BCUT2D eigenvalue weighted by atomic mass is 19.1. The van der Waals surface area contributed by atoms with Gasteiger partial charge in [-0.1, -0.05) is 0 Å². The smallest absolute Gasteiger partial charge is 0.407 e. The van der Waals surface area contributed by atoms with Crippen molar-refractivity contribution >= 4 is 6.09 Å². The lowest BCUT2D eigenvalue weighted by molar-refractivity contribution is 0.0509. The molecule has 1 amide bonds. The van der Waals surface area contributed by atoms with Crippen LogP contribution in [0, 0.1) is 11.7 Å². The lowest BCUT2D eigenvalue weighted by Crippen LogP contribution is -2.40. The lowest BCUT2D eigenvalue weighted by atomic mass is 9.96. The van der Waals surface area contributed by atoms with Crippen molar-refractivity contribution < 1.29 is 13.9 Å². The average Bonchev–Trinajstić information content (AvgIpc) is 3.31. The van der Waals surface area contributed by atoms with Crippen LogP contribution < -0.4 is 5.32 Å². The summed E-state index contributed by atoms with van der Waals surface area (Å²) in [4.78, 5) is 14.3. The van der Waals surface area contributed by atoms with Gasteiger partial charge in [-0.2, -0.15) is 5.10 Å². The molecule has 0 bridgehead atoms. The Hall–Kier alpha value is -2.41.